The van der Waals surface area contributed by atoms with Gasteiger partial charge in [0.05, 0.1) is 30.0 Å². The average Bonchev–Trinajstić information content (AvgIpc) is 3.08. The maximum absolute atomic E-state index is 13.3. The average molecular weight is 515 g/mol. The van der Waals surface area contributed by atoms with Crippen molar-refractivity contribution in [1.82, 2.24) is 9.80 Å². The first kappa shape index (κ1) is 25.1. The smallest absolute Gasteiger partial charge is 0.358 e. The van der Waals surface area contributed by atoms with E-state index in [0.29, 0.717) is 5.56 Å². The molecule has 12 heteroatoms. The fourth-order valence-corrected chi connectivity index (χ4v) is 4.51. The summed E-state index contributed by atoms with van der Waals surface area (Å²) >= 11 is 0. The number of aliphatic hydroxyl groups excluding tert-OH is 1. The number of amides is 3. The van der Waals surface area contributed by atoms with Crippen LogP contribution in [0.15, 0.2) is 66.1 Å². The number of nitrogens with zero attached hydrogens (tertiary/aromatic N) is 2. The molecule has 0 bridgehead atoms. The van der Waals surface area contributed by atoms with Gasteiger partial charge in [0.1, 0.15) is 18.4 Å². The van der Waals surface area contributed by atoms with Crippen molar-refractivity contribution in [3.05, 3.63) is 82.7 Å². The van der Waals surface area contributed by atoms with Gasteiger partial charge in [-0.15, -0.1) is 0 Å². The molecule has 2 atom stereocenters. The molecule has 0 aromatic heterocycles. The Balaban J connectivity index is 1.63. The van der Waals surface area contributed by atoms with Crippen LogP contribution in [-0.2, 0) is 35.2 Å². The summed E-state index contributed by atoms with van der Waals surface area (Å²) in [5, 5.41) is 10.3. The molecule has 4 rings (SSSR count). The van der Waals surface area contributed by atoms with Crippen LogP contribution in [0, 0.1) is 0 Å². The number of likely N-dealkylation sites (tertiary alicyclic amines) is 1. The molecule has 0 spiro atoms. The lowest BCUT2D eigenvalue weighted by molar-refractivity contribution is -0.160. The molecule has 1 N–H and O–H groups in total. The molecule has 2 aliphatic heterocycles. The SMILES string of the molecule is C/C(O)=C(/C(=O)OCc1ccccc1)N1C(=O)[C@@H](N2C(=O)c3ccccc3C2=O)[C@H]1COS(C)(=O)=O. The molecule has 36 heavy (non-hydrogen) atoms. The summed E-state index contributed by atoms with van der Waals surface area (Å²) in [6.45, 7) is 0.312. The minimum absolute atomic E-state index is 0.0907. The summed E-state index contributed by atoms with van der Waals surface area (Å²) in [6.07, 6.45) is 0.789. The zero-order valence-electron chi connectivity index (χ0n) is 19.3. The van der Waals surface area contributed by atoms with Crippen molar-refractivity contribution in [2.45, 2.75) is 25.6 Å². The number of fused-ring (bicyclic) bond motifs is 1. The van der Waals surface area contributed by atoms with E-state index in [1.54, 1.807) is 42.5 Å². The number of carbonyl (C=O) groups excluding carboxylic acids is 4. The van der Waals surface area contributed by atoms with Crippen LogP contribution in [0.2, 0.25) is 0 Å². The van der Waals surface area contributed by atoms with Gasteiger partial charge in [-0.2, -0.15) is 8.42 Å². The molecule has 1 saturated heterocycles. The van der Waals surface area contributed by atoms with Crippen LogP contribution in [0.5, 0.6) is 0 Å². The molecular formula is C24H22N2O9S. The predicted molar refractivity (Wildman–Crippen MR) is 124 cm³/mol. The second-order valence-corrected chi connectivity index (χ2v) is 9.87. The number of ether oxygens (including phenoxy) is 1. The normalized spacial score (nSPS) is 20.1. The number of rotatable bonds is 8. The van der Waals surface area contributed by atoms with Crippen LogP contribution < -0.4 is 0 Å². The van der Waals surface area contributed by atoms with Crippen LogP contribution in [0.3, 0.4) is 0 Å². The van der Waals surface area contributed by atoms with Gasteiger partial charge >= 0.3 is 5.97 Å². The van der Waals surface area contributed by atoms with Gasteiger partial charge in [0.2, 0.25) is 0 Å². The highest BCUT2D eigenvalue weighted by Gasteiger charge is 2.59. The van der Waals surface area contributed by atoms with Gasteiger partial charge in [0, 0.05) is 0 Å². The Labute approximate surface area is 206 Å². The van der Waals surface area contributed by atoms with E-state index in [0.717, 1.165) is 23.0 Å². The molecule has 0 unspecified atom stereocenters. The van der Waals surface area contributed by atoms with Crippen molar-refractivity contribution in [2.75, 3.05) is 12.9 Å². The van der Waals surface area contributed by atoms with Gasteiger partial charge < -0.3 is 9.84 Å². The Morgan fingerprint density at radius 2 is 1.53 bits per heavy atom. The first-order valence-corrected chi connectivity index (χ1v) is 12.6. The van der Waals surface area contributed by atoms with Crippen molar-refractivity contribution in [1.29, 1.82) is 0 Å². The topological polar surface area (TPSA) is 148 Å². The first-order chi connectivity index (χ1) is 17.0. The summed E-state index contributed by atoms with van der Waals surface area (Å²) in [5.74, 6) is -4.00. The second kappa shape index (κ2) is 9.55. The number of hydrogen-bond acceptors (Lipinski definition) is 9. The number of benzene rings is 2. The Hall–Kier alpha value is -4.03. The molecule has 2 aromatic rings. The quantitative estimate of drug-likeness (QED) is 0.138. The van der Waals surface area contributed by atoms with E-state index in [9.17, 15) is 32.7 Å². The molecule has 2 heterocycles. The van der Waals surface area contributed by atoms with E-state index in [4.69, 9.17) is 8.92 Å². The van der Waals surface area contributed by atoms with Gasteiger partial charge in [-0.1, -0.05) is 42.5 Å². The summed E-state index contributed by atoms with van der Waals surface area (Å²) < 4.78 is 33.4. The second-order valence-electron chi connectivity index (χ2n) is 8.23. The molecule has 1 fully saturated rings. The number of β-lactam (4-membered cyclic amide) rings is 1. The third-order valence-corrected chi connectivity index (χ3v) is 6.30. The lowest BCUT2D eigenvalue weighted by Crippen LogP contribution is -2.73. The standard InChI is InChI=1S/C24H22N2O9S/c1-14(27)19(24(31)34-12-15-8-4-3-5-9-15)25-18(13-35-36(2,32)33)20(23(25)30)26-21(28)16-10-6-7-11-17(16)22(26)29/h3-11,18,20,27H,12-13H2,1-2H3/b19-14+/t18-,20+/m1/s1. The molecule has 3 amide bonds. The highest BCUT2D eigenvalue weighted by molar-refractivity contribution is 7.85. The number of aliphatic hydroxyl groups is 1. The molecule has 11 nitrogen and oxygen atoms in total. The minimum atomic E-state index is -4.00. The Morgan fingerprint density at radius 3 is 2.06 bits per heavy atom. The van der Waals surface area contributed by atoms with Gasteiger partial charge in [-0.05, 0) is 24.6 Å². The third kappa shape index (κ3) is 4.60. The molecule has 188 valence electrons. The Kier molecular flexibility index (Phi) is 6.65. The third-order valence-electron chi connectivity index (χ3n) is 5.73. The minimum Gasteiger partial charge on any atom is -0.510 e. The van der Waals surface area contributed by atoms with Crippen LogP contribution in [0.4, 0.5) is 0 Å². The van der Waals surface area contributed by atoms with Crippen LogP contribution in [-0.4, -0.2) is 72.0 Å². The largest absolute Gasteiger partial charge is 0.510 e. The van der Waals surface area contributed by atoms with Crippen LogP contribution in [0.1, 0.15) is 33.2 Å². The van der Waals surface area contributed by atoms with Crippen molar-refractivity contribution >= 4 is 33.8 Å². The summed E-state index contributed by atoms with van der Waals surface area (Å²) in [6, 6.07) is 11.9. The lowest BCUT2D eigenvalue weighted by Gasteiger charge is -2.49. The van der Waals surface area contributed by atoms with Crippen molar-refractivity contribution in [3.8, 4) is 0 Å². The van der Waals surface area contributed by atoms with E-state index in [1.807, 2.05) is 0 Å². The number of hydrogen-bond donors (Lipinski definition) is 1. The van der Waals surface area contributed by atoms with Crippen LogP contribution in [0.25, 0.3) is 0 Å². The van der Waals surface area contributed by atoms with Crippen molar-refractivity contribution < 1.29 is 41.6 Å². The predicted octanol–water partition coefficient (Wildman–Crippen LogP) is 1.37. The monoisotopic (exact) mass is 514 g/mol. The van der Waals surface area contributed by atoms with E-state index < -0.39 is 64.0 Å². The Morgan fingerprint density at radius 1 is 0.972 bits per heavy atom. The van der Waals surface area contributed by atoms with Gasteiger partial charge in [0.25, 0.3) is 27.8 Å². The van der Waals surface area contributed by atoms with E-state index in [-0.39, 0.29) is 17.7 Å². The van der Waals surface area contributed by atoms with E-state index >= 15 is 0 Å². The molecule has 0 aliphatic carbocycles. The van der Waals surface area contributed by atoms with Crippen molar-refractivity contribution in [2.24, 2.45) is 0 Å². The highest BCUT2D eigenvalue weighted by atomic mass is 32.2. The van der Waals surface area contributed by atoms with Gasteiger partial charge in [-0.3, -0.25) is 28.4 Å². The number of imide groups is 1. The highest BCUT2D eigenvalue weighted by Crippen LogP contribution is 2.36. The maximum Gasteiger partial charge on any atom is 0.358 e. The van der Waals surface area contributed by atoms with Crippen LogP contribution >= 0.6 is 0 Å². The fourth-order valence-electron chi connectivity index (χ4n) is 4.12. The fraction of sp³-hybridized carbons (Fsp3) is 0.250. The zero-order valence-corrected chi connectivity index (χ0v) is 20.1. The number of esters is 1. The first-order valence-electron chi connectivity index (χ1n) is 10.8. The molecular weight excluding hydrogens is 492 g/mol. The molecule has 2 aromatic carbocycles. The van der Waals surface area contributed by atoms with E-state index in [2.05, 4.69) is 0 Å². The molecule has 0 saturated carbocycles. The summed E-state index contributed by atoms with van der Waals surface area (Å²) in [5.41, 5.74) is 0.281. The van der Waals surface area contributed by atoms with E-state index in [1.165, 1.54) is 12.1 Å². The molecule has 0 radical (unpaired) electrons. The molecule has 2 aliphatic rings. The van der Waals surface area contributed by atoms with Gasteiger partial charge in [-0.25, -0.2) is 4.79 Å². The maximum atomic E-state index is 13.3. The zero-order chi connectivity index (χ0) is 26.2. The summed E-state index contributed by atoms with van der Waals surface area (Å²) in [7, 11) is -4.00. The van der Waals surface area contributed by atoms with Gasteiger partial charge in [0.15, 0.2) is 5.70 Å². The number of carbonyl (C=O) groups is 4. The number of allylic oxidation sites excluding steroid dienone is 1. The lowest BCUT2D eigenvalue weighted by atomic mass is 9.92. The van der Waals surface area contributed by atoms with Crippen molar-refractivity contribution in [3.63, 3.8) is 0 Å². The Bertz CT molecular complexity index is 1350. The summed E-state index contributed by atoms with van der Waals surface area (Å²) in [4.78, 5) is 53.6.